The van der Waals surface area contributed by atoms with Crippen LogP contribution < -0.4 is 0 Å². The molecule has 0 aliphatic carbocycles. The lowest BCUT2D eigenvalue weighted by atomic mass is 10.2. The molecule has 2 aliphatic heterocycles. The molecule has 0 unspecified atom stereocenters. The zero-order chi connectivity index (χ0) is 23.8. The first kappa shape index (κ1) is 27.0. The van der Waals surface area contributed by atoms with Crippen molar-refractivity contribution in [2.75, 3.05) is 11.5 Å². The molecule has 0 amide bonds. The van der Waals surface area contributed by atoms with Crippen molar-refractivity contribution in [3.8, 4) is 0 Å². The number of hydrogen-bond donors (Lipinski definition) is 0. The van der Waals surface area contributed by atoms with Gasteiger partial charge in [0.05, 0.1) is 31.6 Å². The van der Waals surface area contributed by atoms with Gasteiger partial charge in [-0.05, 0) is 75.3 Å². The molecule has 0 fully saturated rings. The molecule has 0 spiro atoms. The van der Waals surface area contributed by atoms with E-state index in [9.17, 15) is 8.42 Å². The average molecular weight is 704 g/mol. The van der Waals surface area contributed by atoms with E-state index < -0.39 is 10.0 Å². The fraction of sp³-hybridized carbons (Fsp3) is 0.333. The van der Waals surface area contributed by atoms with Crippen LogP contribution in [-0.4, -0.2) is 23.9 Å². The molecule has 2 aliphatic rings. The van der Waals surface area contributed by atoms with E-state index in [0.717, 1.165) is 39.7 Å². The fourth-order valence-electron chi connectivity index (χ4n) is 2.87. The minimum Gasteiger partial charge on any atom is -0.219 e. The van der Waals surface area contributed by atoms with Crippen molar-refractivity contribution in [3.63, 3.8) is 0 Å². The van der Waals surface area contributed by atoms with Crippen molar-refractivity contribution in [1.29, 1.82) is 0 Å². The number of aryl methyl sites for hydroxylation is 1. The van der Waals surface area contributed by atoms with Crippen molar-refractivity contribution in [3.05, 3.63) is 56.0 Å². The highest BCUT2D eigenvalue weighted by atomic mass is 79.9. The Kier molecular flexibility index (Phi) is 9.49. The fourth-order valence-corrected chi connectivity index (χ4v) is 15.7. The average Bonchev–Trinajstić information content (AvgIpc) is 3.46. The second kappa shape index (κ2) is 11.6. The SMILES string of the molecule is CCCSC1=C(SCCC)SC(=C2Sc3c(c(Br)n(S(=O)(=O)c4ccc(C)cc4)c3Br)S2)S1. The van der Waals surface area contributed by atoms with Gasteiger partial charge in [-0.2, -0.15) is 0 Å². The number of fused-ring (bicyclic) bond motifs is 1. The number of benzene rings is 1. The summed E-state index contributed by atoms with van der Waals surface area (Å²) >= 11 is 18.1. The van der Waals surface area contributed by atoms with Gasteiger partial charge in [-0.1, -0.05) is 78.6 Å². The Morgan fingerprint density at radius 3 is 1.73 bits per heavy atom. The van der Waals surface area contributed by atoms with Gasteiger partial charge in [-0.3, -0.25) is 0 Å². The smallest absolute Gasteiger partial charge is 0.219 e. The summed E-state index contributed by atoms with van der Waals surface area (Å²) in [7, 11) is -3.71. The Balaban J connectivity index is 1.62. The van der Waals surface area contributed by atoms with Crippen LogP contribution in [-0.2, 0) is 10.0 Å². The zero-order valence-electron chi connectivity index (χ0n) is 18.0. The number of halogens is 2. The molecule has 0 atom stereocenters. The molecule has 0 bridgehead atoms. The highest BCUT2D eigenvalue weighted by Crippen LogP contribution is 2.66. The molecule has 0 radical (unpaired) electrons. The third kappa shape index (κ3) is 5.63. The summed E-state index contributed by atoms with van der Waals surface area (Å²) < 4.78 is 34.6. The van der Waals surface area contributed by atoms with Gasteiger partial charge in [0.1, 0.15) is 9.21 Å². The Hall–Kier alpha value is 0.990. The molecule has 33 heavy (non-hydrogen) atoms. The van der Waals surface area contributed by atoms with E-state index in [4.69, 9.17) is 0 Å². The van der Waals surface area contributed by atoms with E-state index in [1.165, 1.54) is 20.9 Å². The minimum absolute atomic E-state index is 0.276. The summed E-state index contributed by atoms with van der Waals surface area (Å²) in [4.78, 5) is 2.17. The zero-order valence-corrected chi connectivity index (χ0v) is 26.9. The van der Waals surface area contributed by atoms with Crippen LogP contribution in [0.4, 0.5) is 0 Å². The molecular formula is C21H21Br2NO2S7. The maximum Gasteiger partial charge on any atom is 0.269 e. The van der Waals surface area contributed by atoms with Crippen molar-refractivity contribution < 1.29 is 8.42 Å². The Morgan fingerprint density at radius 1 is 0.818 bits per heavy atom. The molecule has 4 rings (SSSR count). The quantitative estimate of drug-likeness (QED) is 0.269. The monoisotopic (exact) mass is 701 g/mol. The Morgan fingerprint density at radius 2 is 1.27 bits per heavy atom. The van der Waals surface area contributed by atoms with Crippen LogP contribution in [0, 0.1) is 6.92 Å². The third-order valence-corrected chi connectivity index (χ3v) is 17.7. The van der Waals surface area contributed by atoms with Crippen molar-refractivity contribution in [1.82, 2.24) is 3.97 Å². The van der Waals surface area contributed by atoms with Gasteiger partial charge >= 0.3 is 0 Å². The minimum atomic E-state index is -3.71. The van der Waals surface area contributed by atoms with E-state index in [1.54, 1.807) is 35.7 Å². The van der Waals surface area contributed by atoms with Crippen LogP contribution in [0.1, 0.15) is 32.3 Å². The molecule has 2 aromatic rings. The van der Waals surface area contributed by atoms with Crippen molar-refractivity contribution in [2.45, 2.75) is 48.3 Å². The summed E-state index contributed by atoms with van der Waals surface area (Å²) in [6.45, 7) is 6.38. The molecule has 0 saturated heterocycles. The summed E-state index contributed by atoms with van der Waals surface area (Å²) in [5.74, 6) is 2.25. The van der Waals surface area contributed by atoms with Crippen LogP contribution in [0.3, 0.4) is 0 Å². The normalized spacial score (nSPS) is 16.3. The molecule has 12 heteroatoms. The molecule has 178 valence electrons. The van der Waals surface area contributed by atoms with Crippen LogP contribution in [0.25, 0.3) is 0 Å². The van der Waals surface area contributed by atoms with Gasteiger partial charge in [-0.15, -0.1) is 23.5 Å². The number of thioether (sulfide) groups is 6. The first-order chi connectivity index (χ1) is 15.8. The number of hydrogen-bond acceptors (Lipinski definition) is 8. The Bertz CT molecular complexity index is 1180. The van der Waals surface area contributed by atoms with E-state index in [0.29, 0.717) is 9.21 Å². The highest BCUT2D eigenvalue weighted by molar-refractivity contribution is 9.11. The van der Waals surface area contributed by atoms with Gasteiger partial charge in [0.2, 0.25) is 0 Å². The molecule has 0 N–H and O–H groups in total. The largest absolute Gasteiger partial charge is 0.269 e. The van der Waals surface area contributed by atoms with Crippen LogP contribution in [0.2, 0.25) is 0 Å². The highest BCUT2D eigenvalue weighted by Gasteiger charge is 2.36. The predicted octanol–water partition coefficient (Wildman–Crippen LogP) is 9.78. The van der Waals surface area contributed by atoms with Crippen LogP contribution in [0.15, 0.2) is 65.1 Å². The van der Waals surface area contributed by atoms with Gasteiger partial charge in [0.25, 0.3) is 10.0 Å². The van der Waals surface area contributed by atoms with E-state index in [-0.39, 0.29) is 4.90 Å². The lowest BCUT2D eigenvalue weighted by molar-refractivity contribution is 0.585. The number of rotatable bonds is 8. The van der Waals surface area contributed by atoms with E-state index >= 15 is 0 Å². The van der Waals surface area contributed by atoms with Crippen LogP contribution in [0.5, 0.6) is 0 Å². The van der Waals surface area contributed by atoms with E-state index in [1.807, 2.05) is 66.1 Å². The first-order valence-electron chi connectivity index (χ1n) is 10.1. The number of aromatic nitrogens is 1. The topological polar surface area (TPSA) is 39.1 Å². The second-order valence-electron chi connectivity index (χ2n) is 7.08. The van der Waals surface area contributed by atoms with Gasteiger partial charge in [0.15, 0.2) is 0 Å². The second-order valence-corrected chi connectivity index (χ2v) is 17.7. The predicted molar refractivity (Wildman–Crippen MR) is 160 cm³/mol. The molecular weight excluding hydrogens is 683 g/mol. The van der Waals surface area contributed by atoms with Crippen molar-refractivity contribution in [2.24, 2.45) is 0 Å². The molecule has 3 heterocycles. The molecule has 1 aromatic heterocycles. The van der Waals surface area contributed by atoms with Gasteiger partial charge in [0, 0.05) is 0 Å². The Labute approximate surface area is 238 Å². The standard InChI is InChI=1S/C21H21Br2NO2S7/c1-4-10-27-18-19(28-11-5-2)32-21(31-18)20-29-14-15(30-20)17(23)24(16(14)22)33(25,26)13-8-6-12(3)7-9-13/h6-9H,4-5,10-11H2,1-3H3. The van der Waals surface area contributed by atoms with Gasteiger partial charge in [-0.25, -0.2) is 12.4 Å². The summed E-state index contributed by atoms with van der Waals surface area (Å²) in [5.41, 5.74) is 1.03. The maximum absolute atomic E-state index is 13.4. The summed E-state index contributed by atoms with van der Waals surface area (Å²) in [6.07, 6.45) is 2.32. The van der Waals surface area contributed by atoms with Crippen LogP contribution >= 0.6 is 102 Å². The van der Waals surface area contributed by atoms with Crippen molar-refractivity contribution >= 4 is 112 Å². The third-order valence-electron chi connectivity index (χ3n) is 4.46. The van der Waals surface area contributed by atoms with E-state index in [2.05, 4.69) is 45.7 Å². The summed E-state index contributed by atoms with van der Waals surface area (Å²) in [5, 5.41) is 0. The molecule has 3 nitrogen and oxygen atoms in total. The lowest BCUT2D eigenvalue weighted by Crippen LogP contribution is -2.13. The summed E-state index contributed by atoms with van der Waals surface area (Å²) in [6, 6.07) is 6.96. The molecule has 1 aromatic carbocycles. The molecule has 0 saturated carbocycles. The lowest BCUT2D eigenvalue weighted by Gasteiger charge is -2.11. The van der Waals surface area contributed by atoms with Gasteiger partial charge < -0.3 is 0 Å². The number of nitrogens with zero attached hydrogens (tertiary/aromatic N) is 1. The maximum atomic E-state index is 13.4. The first-order valence-corrected chi connectivity index (χ1v) is 18.4.